The van der Waals surface area contributed by atoms with Gasteiger partial charge in [-0.1, -0.05) is 72.6 Å². The van der Waals surface area contributed by atoms with Gasteiger partial charge in [-0.25, -0.2) is 0 Å². The van der Waals surface area contributed by atoms with E-state index in [2.05, 4.69) is 22.9 Å². The summed E-state index contributed by atoms with van der Waals surface area (Å²) in [5, 5.41) is 10.8. The second-order valence-electron chi connectivity index (χ2n) is 4.38. The Hall–Kier alpha value is -0.0500. The Kier molecular flexibility index (Phi) is 7.17. The minimum Gasteiger partial charge on any atom is -0.388 e. The van der Waals surface area contributed by atoms with Gasteiger partial charge in [-0.3, -0.25) is 0 Å². The molecule has 0 aliphatic heterocycles. The zero-order valence-electron chi connectivity index (χ0n) is 10.3. The Balaban J connectivity index is 2.38. The van der Waals surface area contributed by atoms with Gasteiger partial charge in [0, 0.05) is 9.50 Å². The lowest BCUT2D eigenvalue weighted by Gasteiger charge is -2.13. The molecule has 0 saturated carbocycles. The maximum absolute atomic E-state index is 10.1. The fourth-order valence-electron chi connectivity index (χ4n) is 1.87. The molecular formula is C14H20BrClO. The molecule has 1 atom stereocenters. The summed E-state index contributed by atoms with van der Waals surface area (Å²) in [5.74, 6) is 0. The first kappa shape index (κ1) is 15.0. The number of benzene rings is 1. The number of aliphatic hydroxyl groups is 1. The largest absolute Gasteiger partial charge is 0.388 e. The molecule has 1 rings (SSSR count). The van der Waals surface area contributed by atoms with Gasteiger partial charge in [-0.15, -0.1) is 0 Å². The van der Waals surface area contributed by atoms with Gasteiger partial charge in [0.1, 0.15) is 0 Å². The molecular weight excluding hydrogens is 300 g/mol. The Morgan fingerprint density at radius 1 is 1.24 bits per heavy atom. The van der Waals surface area contributed by atoms with Crippen molar-refractivity contribution in [1.29, 1.82) is 0 Å². The van der Waals surface area contributed by atoms with Crippen LogP contribution in [0.1, 0.15) is 57.1 Å². The number of aliphatic hydroxyl groups excluding tert-OH is 1. The lowest BCUT2D eigenvalue weighted by molar-refractivity contribution is 0.162. The topological polar surface area (TPSA) is 20.2 Å². The van der Waals surface area contributed by atoms with Crippen LogP contribution >= 0.6 is 27.5 Å². The van der Waals surface area contributed by atoms with Crippen LogP contribution in [0, 0.1) is 0 Å². The summed E-state index contributed by atoms with van der Waals surface area (Å²) in [7, 11) is 0. The second-order valence-corrected chi connectivity index (χ2v) is 5.68. The summed E-state index contributed by atoms with van der Waals surface area (Å²) in [6.07, 6.45) is 6.54. The van der Waals surface area contributed by atoms with Crippen molar-refractivity contribution in [3.05, 3.63) is 33.3 Å². The Morgan fingerprint density at radius 3 is 2.59 bits per heavy atom. The maximum atomic E-state index is 10.1. The number of rotatable bonds is 7. The summed E-state index contributed by atoms with van der Waals surface area (Å²) in [5.41, 5.74) is 0.935. The van der Waals surface area contributed by atoms with Crippen LogP contribution < -0.4 is 0 Å². The number of hydrogen-bond acceptors (Lipinski definition) is 1. The first-order valence-electron chi connectivity index (χ1n) is 6.28. The second kappa shape index (κ2) is 8.12. The average molecular weight is 320 g/mol. The summed E-state index contributed by atoms with van der Waals surface area (Å²) >= 11 is 9.31. The highest BCUT2D eigenvalue weighted by molar-refractivity contribution is 9.10. The zero-order chi connectivity index (χ0) is 12.7. The predicted octanol–water partition coefficient (Wildman–Crippen LogP) is 5.50. The first-order valence-corrected chi connectivity index (χ1v) is 7.45. The molecule has 1 aromatic carbocycles. The number of unbranched alkanes of at least 4 members (excludes halogenated alkanes) is 4. The van der Waals surface area contributed by atoms with Crippen LogP contribution in [0.5, 0.6) is 0 Å². The van der Waals surface area contributed by atoms with E-state index in [1.807, 2.05) is 18.2 Å². The molecule has 1 N–H and O–H groups in total. The fraction of sp³-hybridized carbons (Fsp3) is 0.571. The van der Waals surface area contributed by atoms with Gasteiger partial charge < -0.3 is 5.11 Å². The molecule has 0 spiro atoms. The smallest absolute Gasteiger partial charge is 0.0801 e. The summed E-state index contributed by atoms with van der Waals surface area (Å²) in [6.45, 7) is 2.21. The molecule has 0 saturated heterocycles. The van der Waals surface area contributed by atoms with Crippen molar-refractivity contribution in [3.8, 4) is 0 Å². The van der Waals surface area contributed by atoms with Crippen LogP contribution in [0.15, 0.2) is 22.7 Å². The molecule has 96 valence electrons. The molecule has 0 radical (unpaired) electrons. The Morgan fingerprint density at radius 2 is 1.94 bits per heavy atom. The predicted molar refractivity (Wildman–Crippen MR) is 77.5 cm³/mol. The van der Waals surface area contributed by atoms with E-state index in [1.165, 1.54) is 25.7 Å². The van der Waals surface area contributed by atoms with Crippen molar-refractivity contribution in [3.63, 3.8) is 0 Å². The quantitative estimate of drug-likeness (QED) is 0.658. The van der Waals surface area contributed by atoms with Crippen LogP contribution in [0.3, 0.4) is 0 Å². The first-order chi connectivity index (χ1) is 8.15. The van der Waals surface area contributed by atoms with E-state index in [0.29, 0.717) is 5.02 Å². The third-order valence-corrected chi connectivity index (χ3v) is 3.82. The van der Waals surface area contributed by atoms with E-state index in [0.717, 1.165) is 22.9 Å². The molecule has 17 heavy (non-hydrogen) atoms. The van der Waals surface area contributed by atoms with E-state index in [1.54, 1.807) is 0 Å². The van der Waals surface area contributed by atoms with Crippen molar-refractivity contribution in [2.45, 2.75) is 51.6 Å². The van der Waals surface area contributed by atoms with Gasteiger partial charge in [0.25, 0.3) is 0 Å². The lowest BCUT2D eigenvalue weighted by Crippen LogP contribution is -1.98. The highest BCUT2D eigenvalue weighted by Crippen LogP contribution is 2.29. The minimum absolute atomic E-state index is 0.386. The molecule has 1 unspecified atom stereocenters. The molecule has 1 nitrogen and oxygen atoms in total. The maximum Gasteiger partial charge on any atom is 0.0801 e. The molecule has 1 aromatic rings. The molecule has 0 aromatic heterocycles. The van der Waals surface area contributed by atoms with Gasteiger partial charge in [-0.05, 0) is 24.1 Å². The zero-order valence-corrected chi connectivity index (χ0v) is 12.6. The monoisotopic (exact) mass is 318 g/mol. The molecule has 0 fully saturated rings. The highest BCUT2D eigenvalue weighted by Gasteiger charge is 2.10. The van der Waals surface area contributed by atoms with Crippen LogP contribution in [0.25, 0.3) is 0 Å². The molecule has 0 amide bonds. The van der Waals surface area contributed by atoms with Crippen LogP contribution in [-0.2, 0) is 0 Å². The van der Waals surface area contributed by atoms with Crippen molar-refractivity contribution in [2.75, 3.05) is 0 Å². The lowest BCUT2D eigenvalue weighted by atomic mass is 10.0. The van der Waals surface area contributed by atoms with Crippen molar-refractivity contribution in [1.82, 2.24) is 0 Å². The third kappa shape index (κ3) is 5.41. The summed E-state index contributed by atoms with van der Waals surface area (Å²) < 4.78 is 0.894. The molecule has 0 aliphatic rings. The van der Waals surface area contributed by atoms with E-state index in [-0.39, 0.29) is 6.10 Å². The van der Waals surface area contributed by atoms with Crippen molar-refractivity contribution < 1.29 is 5.11 Å². The van der Waals surface area contributed by atoms with E-state index < -0.39 is 0 Å². The average Bonchev–Trinajstić information content (AvgIpc) is 2.28. The van der Waals surface area contributed by atoms with Crippen LogP contribution in [0.2, 0.25) is 5.02 Å². The van der Waals surface area contributed by atoms with Crippen LogP contribution in [-0.4, -0.2) is 5.11 Å². The summed E-state index contributed by atoms with van der Waals surface area (Å²) in [6, 6.07) is 5.54. The fourth-order valence-corrected chi connectivity index (χ4v) is 2.82. The van der Waals surface area contributed by atoms with Gasteiger partial charge in [0.05, 0.1) is 6.10 Å². The minimum atomic E-state index is -0.386. The van der Waals surface area contributed by atoms with Gasteiger partial charge in [0.15, 0.2) is 0 Å². The SMILES string of the molecule is CCCCCCCC(O)c1ccc(Cl)cc1Br. The Bertz CT molecular complexity index is 341. The van der Waals surface area contributed by atoms with Crippen LogP contribution in [0.4, 0.5) is 0 Å². The number of hydrogen-bond donors (Lipinski definition) is 1. The molecule has 0 heterocycles. The van der Waals surface area contributed by atoms with Crippen molar-refractivity contribution in [2.24, 2.45) is 0 Å². The van der Waals surface area contributed by atoms with E-state index >= 15 is 0 Å². The normalized spacial score (nSPS) is 12.7. The third-order valence-electron chi connectivity index (χ3n) is 2.90. The summed E-state index contributed by atoms with van der Waals surface area (Å²) in [4.78, 5) is 0. The number of halogens is 2. The molecule has 3 heteroatoms. The highest BCUT2D eigenvalue weighted by atomic mass is 79.9. The van der Waals surface area contributed by atoms with Gasteiger partial charge in [0.2, 0.25) is 0 Å². The van der Waals surface area contributed by atoms with Gasteiger partial charge >= 0.3 is 0 Å². The Labute approximate surface area is 117 Å². The molecule has 0 aliphatic carbocycles. The standard InChI is InChI=1S/C14H20BrClO/c1-2-3-4-5-6-7-14(17)12-9-8-11(16)10-13(12)15/h8-10,14,17H,2-7H2,1H3. The van der Waals surface area contributed by atoms with Gasteiger partial charge in [-0.2, -0.15) is 0 Å². The molecule has 0 bridgehead atoms. The van der Waals surface area contributed by atoms with Crippen molar-refractivity contribution >= 4 is 27.5 Å². The van der Waals surface area contributed by atoms with E-state index in [9.17, 15) is 5.11 Å². The van der Waals surface area contributed by atoms with E-state index in [4.69, 9.17) is 11.6 Å².